The Balaban J connectivity index is 1.62. The quantitative estimate of drug-likeness (QED) is 0.411. The molecule has 0 bridgehead atoms. The molecule has 8 nitrogen and oxygen atoms in total. The number of carboxylic acids is 1. The summed E-state index contributed by atoms with van der Waals surface area (Å²) in [6, 6.07) is 9.28. The van der Waals surface area contributed by atoms with Crippen LogP contribution in [-0.2, 0) is 32.0 Å². The van der Waals surface area contributed by atoms with Gasteiger partial charge in [0.25, 0.3) is 0 Å². The van der Waals surface area contributed by atoms with Crippen LogP contribution in [0.2, 0.25) is 0 Å². The second-order valence-electron chi connectivity index (χ2n) is 6.90. The van der Waals surface area contributed by atoms with Gasteiger partial charge in [0, 0.05) is 18.9 Å². The summed E-state index contributed by atoms with van der Waals surface area (Å²) in [4.78, 5) is 33.1. The van der Waals surface area contributed by atoms with E-state index < -0.39 is 35.8 Å². The summed E-state index contributed by atoms with van der Waals surface area (Å²) < 4.78 is 25.3. The zero-order valence-corrected chi connectivity index (χ0v) is 15.9. The van der Waals surface area contributed by atoms with Gasteiger partial charge in [0.1, 0.15) is 29.4 Å². The highest BCUT2D eigenvalue weighted by molar-refractivity contribution is 6.27. The number of ether oxygens (including phenoxy) is 2. The highest BCUT2D eigenvalue weighted by atomic mass is 19.1. The van der Waals surface area contributed by atoms with Crippen LogP contribution in [0.25, 0.3) is 0 Å². The van der Waals surface area contributed by atoms with Crippen molar-refractivity contribution >= 4 is 18.0 Å². The Hall–Kier alpha value is -3.14. The van der Waals surface area contributed by atoms with Gasteiger partial charge in [0.2, 0.25) is 5.78 Å². The lowest BCUT2D eigenvalue weighted by Crippen LogP contribution is -2.40. The Morgan fingerprint density at radius 3 is 2.60 bits per heavy atom. The molecule has 3 rings (SSSR count). The molecule has 0 spiro atoms. The van der Waals surface area contributed by atoms with Gasteiger partial charge in [-0.3, -0.25) is 19.7 Å². The highest BCUT2D eigenvalue weighted by Crippen LogP contribution is 2.25. The van der Waals surface area contributed by atoms with Crippen LogP contribution in [0, 0.1) is 5.82 Å². The van der Waals surface area contributed by atoms with Crippen LogP contribution in [-0.4, -0.2) is 48.1 Å². The number of nitrogens with one attached hydrogen (secondary N) is 1. The lowest BCUT2D eigenvalue weighted by Gasteiger charge is -2.15. The molecule has 4 N–H and O–H groups in total. The van der Waals surface area contributed by atoms with E-state index in [0.29, 0.717) is 12.2 Å². The number of carbonyl (C=O) groups excluding carboxylic acids is 2. The zero-order chi connectivity index (χ0) is 21.7. The van der Waals surface area contributed by atoms with E-state index in [1.165, 1.54) is 18.2 Å². The standard InChI is InChI=1S/C21H21FN2O6/c22-16-9-15(6-3-13(16)8-17(23)21(27)28)30-14-4-1-12(2-5-14)7-19-20(18(26)10-25)24-11-29-19/h1-6,9-10,17,19-20,24H,7-8,11,23H2,(H,27,28). The van der Waals surface area contributed by atoms with Gasteiger partial charge < -0.3 is 20.3 Å². The lowest BCUT2D eigenvalue weighted by molar-refractivity contribution is -0.138. The van der Waals surface area contributed by atoms with Crippen molar-refractivity contribution in [3.63, 3.8) is 0 Å². The number of Topliss-reactive ketones (excluding diaryl/α,β-unsaturated/α-hetero) is 1. The molecule has 158 valence electrons. The van der Waals surface area contributed by atoms with E-state index in [0.717, 1.165) is 5.56 Å². The Morgan fingerprint density at radius 2 is 1.97 bits per heavy atom. The number of aliphatic carboxylic acids is 1. The van der Waals surface area contributed by atoms with Crippen molar-refractivity contribution in [3.8, 4) is 11.5 Å². The molecular weight excluding hydrogens is 395 g/mol. The SMILES string of the molecule is NC(Cc1ccc(Oc2ccc(CC3OCNC3C(=O)C=O)cc2)cc1F)C(=O)O. The molecule has 1 fully saturated rings. The maximum Gasteiger partial charge on any atom is 0.320 e. The second-order valence-corrected chi connectivity index (χ2v) is 6.90. The summed E-state index contributed by atoms with van der Waals surface area (Å²) in [6.07, 6.45) is 0.163. The number of halogens is 1. The predicted octanol–water partition coefficient (Wildman–Crippen LogP) is 1.20. The molecule has 1 heterocycles. The molecule has 9 heteroatoms. The number of carboxylic acid groups (broad SMARTS) is 1. The van der Waals surface area contributed by atoms with E-state index >= 15 is 0 Å². The fourth-order valence-corrected chi connectivity index (χ4v) is 3.15. The van der Waals surface area contributed by atoms with Gasteiger partial charge in [-0.25, -0.2) is 4.39 Å². The monoisotopic (exact) mass is 416 g/mol. The second kappa shape index (κ2) is 9.57. The molecule has 0 aliphatic carbocycles. The summed E-state index contributed by atoms with van der Waals surface area (Å²) in [6.45, 7) is 0.203. The van der Waals surface area contributed by atoms with Gasteiger partial charge in [0.15, 0.2) is 6.29 Å². The first-order chi connectivity index (χ1) is 14.4. The number of aldehydes is 1. The Labute approximate surface area is 171 Å². The fourth-order valence-electron chi connectivity index (χ4n) is 3.15. The smallest absolute Gasteiger partial charge is 0.320 e. The van der Waals surface area contributed by atoms with Crippen LogP contribution in [0.5, 0.6) is 11.5 Å². The first-order valence-electron chi connectivity index (χ1n) is 9.25. The molecule has 2 aromatic rings. The summed E-state index contributed by atoms with van der Waals surface area (Å²) in [5, 5.41) is 11.7. The van der Waals surface area contributed by atoms with Crippen LogP contribution in [0.4, 0.5) is 4.39 Å². The van der Waals surface area contributed by atoms with Crippen molar-refractivity contribution in [3.05, 3.63) is 59.4 Å². The Kier molecular flexibility index (Phi) is 6.88. The van der Waals surface area contributed by atoms with E-state index in [-0.39, 0.29) is 30.8 Å². The van der Waals surface area contributed by atoms with Gasteiger partial charge in [-0.05, 0) is 29.3 Å². The van der Waals surface area contributed by atoms with E-state index in [2.05, 4.69) is 5.32 Å². The fraction of sp³-hybridized carbons (Fsp3) is 0.286. The van der Waals surface area contributed by atoms with Crippen molar-refractivity contribution < 1.29 is 33.4 Å². The first-order valence-corrected chi connectivity index (χ1v) is 9.25. The van der Waals surface area contributed by atoms with Crippen molar-refractivity contribution in [1.29, 1.82) is 0 Å². The molecule has 2 aromatic carbocycles. The molecule has 30 heavy (non-hydrogen) atoms. The average Bonchev–Trinajstić information content (AvgIpc) is 3.19. The number of rotatable bonds is 9. The van der Waals surface area contributed by atoms with E-state index in [9.17, 15) is 18.8 Å². The number of carbonyl (C=O) groups is 3. The third-order valence-electron chi connectivity index (χ3n) is 4.77. The van der Waals surface area contributed by atoms with Crippen LogP contribution >= 0.6 is 0 Å². The van der Waals surface area contributed by atoms with Crippen LogP contribution in [0.1, 0.15) is 11.1 Å². The molecular formula is C21H21FN2O6. The molecule has 1 aliphatic rings. The third-order valence-corrected chi connectivity index (χ3v) is 4.77. The van der Waals surface area contributed by atoms with E-state index in [1.54, 1.807) is 24.3 Å². The van der Waals surface area contributed by atoms with Crippen LogP contribution in [0.3, 0.4) is 0 Å². The molecule has 0 radical (unpaired) electrons. The lowest BCUT2D eigenvalue weighted by atomic mass is 10.00. The number of ketones is 1. The summed E-state index contributed by atoms with van der Waals surface area (Å²) in [7, 11) is 0. The molecule has 1 aliphatic heterocycles. The van der Waals surface area contributed by atoms with Crippen LogP contribution < -0.4 is 15.8 Å². The Bertz CT molecular complexity index is 934. The maximum atomic E-state index is 14.2. The maximum absolute atomic E-state index is 14.2. The van der Waals surface area contributed by atoms with Crippen molar-refractivity contribution in [2.75, 3.05) is 6.73 Å². The van der Waals surface area contributed by atoms with E-state index in [1.807, 2.05) is 0 Å². The van der Waals surface area contributed by atoms with Gasteiger partial charge >= 0.3 is 5.97 Å². The minimum absolute atomic E-state index is 0.123. The normalized spacial score (nSPS) is 19.3. The average molecular weight is 416 g/mol. The predicted molar refractivity (Wildman–Crippen MR) is 104 cm³/mol. The highest BCUT2D eigenvalue weighted by Gasteiger charge is 2.33. The van der Waals surface area contributed by atoms with Crippen molar-refractivity contribution in [2.45, 2.75) is 31.0 Å². The number of benzene rings is 2. The topological polar surface area (TPSA) is 128 Å². The molecule has 0 amide bonds. The molecule has 3 atom stereocenters. The minimum atomic E-state index is -1.20. The van der Waals surface area contributed by atoms with Gasteiger partial charge in [-0.1, -0.05) is 18.2 Å². The molecule has 3 unspecified atom stereocenters. The molecule has 0 saturated carbocycles. The van der Waals surface area contributed by atoms with Crippen molar-refractivity contribution in [2.24, 2.45) is 5.73 Å². The number of hydrogen-bond donors (Lipinski definition) is 3. The van der Waals surface area contributed by atoms with Gasteiger partial charge in [-0.2, -0.15) is 0 Å². The summed E-state index contributed by atoms with van der Waals surface area (Å²) in [5.74, 6) is -1.62. The number of hydrogen-bond acceptors (Lipinski definition) is 7. The van der Waals surface area contributed by atoms with Crippen molar-refractivity contribution in [1.82, 2.24) is 5.32 Å². The molecule has 0 aromatic heterocycles. The van der Waals surface area contributed by atoms with Gasteiger partial charge in [-0.15, -0.1) is 0 Å². The largest absolute Gasteiger partial charge is 0.480 e. The van der Waals surface area contributed by atoms with E-state index in [4.69, 9.17) is 20.3 Å². The molecule has 1 saturated heterocycles. The van der Waals surface area contributed by atoms with Crippen LogP contribution in [0.15, 0.2) is 42.5 Å². The number of nitrogens with two attached hydrogens (primary N) is 1. The Morgan fingerprint density at radius 1 is 1.27 bits per heavy atom. The van der Waals surface area contributed by atoms with Gasteiger partial charge in [0.05, 0.1) is 12.8 Å². The minimum Gasteiger partial charge on any atom is -0.480 e. The first kappa shape index (κ1) is 21.6. The third kappa shape index (κ3) is 5.26. The summed E-state index contributed by atoms with van der Waals surface area (Å²) in [5.41, 5.74) is 6.51. The zero-order valence-electron chi connectivity index (χ0n) is 15.9. The summed E-state index contributed by atoms with van der Waals surface area (Å²) >= 11 is 0.